The third kappa shape index (κ3) is 2.62. The number of aromatic nitrogens is 2. The van der Waals surface area contributed by atoms with Crippen molar-refractivity contribution in [1.82, 2.24) is 14.9 Å². The SMILES string of the molecule is CCNCc1cncn1CC1(C)CCCO1. The maximum absolute atomic E-state index is 5.80. The lowest BCUT2D eigenvalue weighted by molar-refractivity contribution is 0.00563. The molecular weight excluding hydrogens is 202 g/mol. The Morgan fingerprint density at radius 2 is 2.50 bits per heavy atom. The maximum Gasteiger partial charge on any atom is 0.0949 e. The lowest BCUT2D eigenvalue weighted by atomic mass is 10.0. The molecular formula is C12H21N3O. The number of hydrogen-bond acceptors (Lipinski definition) is 3. The van der Waals surface area contributed by atoms with Gasteiger partial charge in [-0.05, 0) is 26.3 Å². The first kappa shape index (κ1) is 11.6. The molecule has 1 aliphatic rings. The Bertz CT molecular complexity index is 329. The van der Waals surface area contributed by atoms with Crippen LogP contribution >= 0.6 is 0 Å². The van der Waals surface area contributed by atoms with Gasteiger partial charge in [-0.3, -0.25) is 0 Å². The first-order valence-corrected chi connectivity index (χ1v) is 6.07. The molecule has 90 valence electrons. The third-order valence-corrected chi connectivity index (χ3v) is 3.16. The second-order valence-electron chi connectivity index (χ2n) is 4.70. The quantitative estimate of drug-likeness (QED) is 0.823. The predicted molar refractivity (Wildman–Crippen MR) is 63.2 cm³/mol. The summed E-state index contributed by atoms with van der Waals surface area (Å²) in [7, 11) is 0. The molecule has 1 saturated heterocycles. The van der Waals surface area contributed by atoms with Gasteiger partial charge in [0.1, 0.15) is 0 Å². The first-order valence-electron chi connectivity index (χ1n) is 6.07. The van der Waals surface area contributed by atoms with E-state index in [4.69, 9.17) is 4.74 Å². The van der Waals surface area contributed by atoms with Crippen LogP contribution in [0, 0.1) is 0 Å². The third-order valence-electron chi connectivity index (χ3n) is 3.16. The number of imidazole rings is 1. The van der Waals surface area contributed by atoms with E-state index in [1.807, 2.05) is 12.5 Å². The van der Waals surface area contributed by atoms with E-state index in [0.29, 0.717) is 0 Å². The van der Waals surface area contributed by atoms with Gasteiger partial charge in [0.25, 0.3) is 0 Å². The van der Waals surface area contributed by atoms with Gasteiger partial charge in [0, 0.05) is 19.3 Å². The van der Waals surface area contributed by atoms with Gasteiger partial charge in [0.2, 0.25) is 0 Å². The molecule has 0 amide bonds. The van der Waals surface area contributed by atoms with Crippen LogP contribution in [0.2, 0.25) is 0 Å². The number of ether oxygens (including phenoxy) is 1. The highest BCUT2D eigenvalue weighted by atomic mass is 16.5. The molecule has 16 heavy (non-hydrogen) atoms. The van der Waals surface area contributed by atoms with Gasteiger partial charge in [-0.25, -0.2) is 4.98 Å². The van der Waals surface area contributed by atoms with Crippen LogP contribution in [0.15, 0.2) is 12.5 Å². The molecule has 1 atom stereocenters. The fourth-order valence-corrected chi connectivity index (χ4v) is 2.21. The van der Waals surface area contributed by atoms with E-state index in [-0.39, 0.29) is 5.60 Å². The second kappa shape index (κ2) is 4.97. The van der Waals surface area contributed by atoms with Crippen molar-refractivity contribution in [3.63, 3.8) is 0 Å². The molecule has 0 saturated carbocycles. The van der Waals surface area contributed by atoms with E-state index in [1.54, 1.807) is 0 Å². The van der Waals surface area contributed by atoms with E-state index in [9.17, 15) is 0 Å². The van der Waals surface area contributed by atoms with E-state index in [2.05, 4.69) is 28.7 Å². The topological polar surface area (TPSA) is 39.1 Å². The van der Waals surface area contributed by atoms with Gasteiger partial charge >= 0.3 is 0 Å². The van der Waals surface area contributed by atoms with Crippen molar-refractivity contribution in [2.75, 3.05) is 13.2 Å². The van der Waals surface area contributed by atoms with Crippen LogP contribution in [-0.2, 0) is 17.8 Å². The molecule has 0 aromatic carbocycles. The second-order valence-corrected chi connectivity index (χ2v) is 4.70. The molecule has 0 aliphatic carbocycles. The summed E-state index contributed by atoms with van der Waals surface area (Å²) in [4.78, 5) is 4.22. The Morgan fingerprint density at radius 3 is 3.19 bits per heavy atom. The van der Waals surface area contributed by atoms with Crippen molar-refractivity contribution in [3.8, 4) is 0 Å². The Morgan fingerprint density at radius 1 is 1.62 bits per heavy atom. The molecule has 0 spiro atoms. The monoisotopic (exact) mass is 223 g/mol. The van der Waals surface area contributed by atoms with E-state index >= 15 is 0 Å². The molecule has 2 heterocycles. The molecule has 0 radical (unpaired) electrons. The summed E-state index contributed by atoms with van der Waals surface area (Å²) in [6.07, 6.45) is 6.15. The minimum Gasteiger partial charge on any atom is -0.373 e. The van der Waals surface area contributed by atoms with Crippen LogP contribution in [0.25, 0.3) is 0 Å². The van der Waals surface area contributed by atoms with Crippen LogP contribution in [0.1, 0.15) is 32.4 Å². The Hall–Kier alpha value is -0.870. The van der Waals surface area contributed by atoms with E-state index in [0.717, 1.165) is 32.7 Å². The Balaban J connectivity index is 2.00. The highest BCUT2D eigenvalue weighted by Gasteiger charge is 2.30. The van der Waals surface area contributed by atoms with Gasteiger partial charge in [-0.15, -0.1) is 0 Å². The zero-order valence-electron chi connectivity index (χ0n) is 10.2. The Labute approximate surface area is 97.0 Å². The maximum atomic E-state index is 5.80. The van der Waals surface area contributed by atoms with Gasteiger partial charge < -0.3 is 14.6 Å². The minimum absolute atomic E-state index is 0.00165. The highest BCUT2D eigenvalue weighted by molar-refractivity contribution is 4.99. The van der Waals surface area contributed by atoms with E-state index < -0.39 is 0 Å². The predicted octanol–water partition coefficient (Wildman–Crippen LogP) is 1.56. The molecule has 4 nitrogen and oxygen atoms in total. The van der Waals surface area contributed by atoms with Gasteiger partial charge in [0.05, 0.1) is 24.2 Å². The molecule has 1 aromatic heterocycles. The summed E-state index contributed by atoms with van der Waals surface area (Å²) in [5, 5.41) is 3.33. The molecule has 4 heteroatoms. The van der Waals surface area contributed by atoms with Crippen molar-refractivity contribution >= 4 is 0 Å². The fraction of sp³-hybridized carbons (Fsp3) is 0.750. The van der Waals surface area contributed by atoms with Gasteiger partial charge in [-0.2, -0.15) is 0 Å². The lowest BCUT2D eigenvalue weighted by Crippen LogP contribution is -2.30. The molecule has 1 N–H and O–H groups in total. The average Bonchev–Trinajstić information content (AvgIpc) is 2.86. The molecule has 0 bridgehead atoms. The smallest absolute Gasteiger partial charge is 0.0949 e. The zero-order chi connectivity index (χ0) is 11.4. The number of hydrogen-bond donors (Lipinski definition) is 1. The van der Waals surface area contributed by atoms with Crippen LogP contribution in [-0.4, -0.2) is 28.3 Å². The first-order chi connectivity index (χ1) is 7.73. The van der Waals surface area contributed by atoms with Crippen LogP contribution in [0.3, 0.4) is 0 Å². The van der Waals surface area contributed by atoms with Crippen molar-refractivity contribution < 1.29 is 4.74 Å². The van der Waals surface area contributed by atoms with E-state index in [1.165, 1.54) is 12.1 Å². The number of nitrogens with zero attached hydrogens (tertiary/aromatic N) is 2. The van der Waals surface area contributed by atoms with Crippen molar-refractivity contribution in [2.24, 2.45) is 0 Å². The van der Waals surface area contributed by atoms with Gasteiger partial charge in [0.15, 0.2) is 0 Å². The fourth-order valence-electron chi connectivity index (χ4n) is 2.21. The summed E-state index contributed by atoms with van der Waals surface area (Å²) >= 11 is 0. The largest absolute Gasteiger partial charge is 0.373 e. The lowest BCUT2D eigenvalue weighted by Gasteiger charge is -2.24. The molecule has 1 fully saturated rings. The standard InChI is InChI=1S/C12H21N3O/c1-3-13-7-11-8-14-10-15(11)9-12(2)5-4-6-16-12/h8,10,13H,3-7,9H2,1-2H3. The summed E-state index contributed by atoms with van der Waals surface area (Å²) < 4.78 is 8.01. The average molecular weight is 223 g/mol. The van der Waals surface area contributed by atoms with Crippen molar-refractivity contribution in [2.45, 2.75) is 45.4 Å². The normalized spacial score (nSPS) is 25.1. The number of rotatable bonds is 5. The molecule has 1 aliphatic heterocycles. The summed E-state index contributed by atoms with van der Waals surface area (Å²) in [6.45, 7) is 7.98. The van der Waals surface area contributed by atoms with Crippen LogP contribution in [0.4, 0.5) is 0 Å². The summed E-state index contributed by atoms with van der Waals surface area (Å²) in [5.74, 6) is 0. The molecule has 1 unspecified atom stereocenters. The summed E-state index contributed by atoms with van der Waals surface area (Å²) in [6, 6.07) is 0. The summed E-state index contributed by atoms with van der Waals surface area (Å²) in [5.41, 5.74) is 1.24. The highest BCUT2D eigenvalue weighted by Crippen LogP contribution is 2.27. The minimum atomic E-state index is 0.00165. The molecule has 2 rings (SSSR count). The molecule has 1 aromatic rings. The van der Waals surface area contributed by atoms with Gasteiger partial charge in [-0.1, -0.05) is 6.92 Å². The zero-order valence-corrected chi connectivity index (χ0v) is 10.2. The number of nitrogens with one attached hydrogen (secondary N) is 1. The van der Waals surface area contributed by atoms with Crippen molar-refractivity contribution in [1.29, 1.82) is 0 Å². The van der Waals surface area contributed by atoms with Crippen LogP contribution < -0.4 is 5.32 Å². The Kier molecular flexibility index (Phi) is 3.61. The van der Waals surface area contributed by atoms with Crippen molar-refractivity contribution in [3.05, 3.63) is 18.2 Å². The van der Waals surface area contributed by atoms with Crippen LogP contribution in [0.5, 0.6) is 0 Å².